The molecule has 4 nitrogen and oxygen atoms in total. The molecule has 0 spiro atoms. The number of rotatable bonds is 3. The highest BCUT2D eigenvalue weighted by Crippen LogP contribution is 2.12. The van der Waals surface area contributed by atoms with E-state index in [1.54, 1.807) is 12.1 Å². The van der Waals surface area contributed by atoms with Crippen molar-refractivity contribution < 1.29 is 4.39 Å². The van der Waals surface area contributed by atoms with Gasteiger partial charge in [0.25, 0.3) is 5.56 Å². The van der Waals surface area contributed by atoms with E-state index in [0.29, 0.717) is 5.56 Å². The number of nitrogens with zero attached hydrogens (tertiary/aromatic N) is 2. The predicted octanol–water partition coefficient (Wildman–Crippen LogP) is 1.08. The van der Waals surface area contributed by atoms with Gasteiger partial charge in [-0.3, -0.25) is 9.36 Å². The van der Waals surface area contributed by atoms with E-state index in [-0.39, 0.29) is 17.9 Å². The predicted molar refractivity (Wildman–Crippen MR) is 61.8 cm³/mol. The highest BCUT2D eigenvalue weighted by atomic mass is 19.1. The van der Waals surface area contributed by atoms with Gasteiger partial charge in [0.2, 0.25) is 0 Å². The largest absolute Gasteiger partial charge is 0.322 e. The molecule has 2 rings (SSSR count). The maximum atomic E-state index is 13.0. The third kappa shape index (κ3) is 2.76. The smallest absolute Gasteiger partial charge is 0.253 e. The highest BCUT2D eigenvalue weighted by molar-refractivity contribution is 5.19. The van der Waals surface area contributed by atoms with Crippen LogP contribution in [0.4, 0.5) is 4.39 Å². The standard InChI is InChI=1S/C12H12FN3O/c13-10-3-1-2-9(6-10)11(14)7-16-8-15-5-4-12(16)17/h1-6,8,11H,7,14H2. The minimum absolute atomic E-state index is 0.174. The number of nitrogens with two attached hydrogens (primary N) is 1. The first-order chi connectivity index (χ1) is 8.16. The summed E-state index contributed by atoms with van der Waals surface area (Å²) in [6, 6.07) is 6.97. The van der Waals surface area contributed by atoms with E-state index < -0.39 is 6.04 Å². The summed E-state index contributed by atoms with van der Waals surface area (Å²) in [5, 5.41) is 0. The van der Waals surface area contributed by atoms with Crippen molar-refractivity contribution in [3.8, 4) is 0 Å². The second kappa shape index (κ2) is 4.88. The van der Waals surface area contributed by atoms with E-state index in [1.165, 1.54) is 35.3 Å². The van der Waals surface area contributed by atoms with Crippen LogP contribution in [-0.2, 0) is 6.54 Å². The Morgan fingerprint density at radius 2 is 2.24 bits per heavy atom. The van der Waals surface area contributed by atoms with Gasteiger partial charge in [-0.2, -0.15) is 0 Å². The van der Waals surface area contributed by atoms with Gasteiger partial charge in [-0.05, 0) is 17.7 Å². The summed E-state index contributed by atoms with van der Waals surface area (Å²) in [7, 11) is 0. The van der Waals surface area contributed by atoms with E-state index in [0.717, 1.165) is 0 Å². The molecule has 0 aliphatic rings. The van der Waals surface area contributed by atoms with Crippen molar-refractivity contribution in [2.75, 3.05) is 0 Å². The summed E-state index contributed by atoms with van der Waals surface area (Å²) in [6.45, 7) is 0.274. The van der Waals surface area contributed by atoms with Gasteiger partial charge in [-0.25, -0.2) is 9.37 Å². The molecule has 0 fully saturated rings. The fraction of sp³-hybridized carbons (Fsp3) is 0.167. The number of halogens is 1. The van der Waals surface area contributed by atoms with Crippen LogP contribution < -0.4 is 11.3 Å². The zero-order valence-electron chi connectivity index (χ0n) is 9.08. The Kier molecular flexibility index (Phi) is 3.30. The maximum absolute atomic E-state index is 13.0. The van der Waals surface area contributed by atoms with Crippen LogP contribution in [0.5, 0.6) is 0 Å². The Balaban J connectivity index is 2.20. The average molecular weight is 233 g/mol. The lowest BCUT2D eigenvalue weighted by Crippen LogP contribution is -2.26. The molecule has 0 aliphatic heterocycles. The molecule has 1 aromatic heterocycles. The molecule has 0 amide bonds. The fourth-order valence-electron chi connectivity index (χ4n) is 1.57. The van der Waals surface area contributed by atoms with Gasteiger partial charge in [-0.15, -0.1) is 0 Å². The van der Waals surface area contributed by atoms with Crippen molar-refractivity contribution in [2.24, 2.45) is 5.73 Å². The van der Waals surface area contributed by atoms with Crippen LogP contribution >= 0.6 is 0 Å². The number of aromatic nitrogens is 2. The van der Waals surface area contributed by atoms with Crippen LogP contribution in [0.2, 0.25) is 0 Å². The molecule has 2 aromatic rings. The van der Waals surface area contributed by atoms with Crippen molar-refractivity contribution in [1.82, 2.24) is 9.55 Å². The van der Waals surface area contributed by atoms with E-state index in [1.807, 2.05) is 0 Å². The summed E-state index contributed by atoms with van der Waals surface area (Å²) in [6.07, 6.45) is 2.84. The highest BCUT2D eigenvalue weighted by Gasteiger charge is 2.08. The van der Waals surface area contributed by atoms with Crippen LogP contribution in [0.1, 0.15) is 11.6 Å². The Hall–Kier alpha value is -2.01. The maximum Gasteiger partial charge on any atom is 0.253 e. The van der Waals surface area contributed by atoms with Crippen molar-refractivity contribution in [3.63, 3.8) is 0 Å². The second-order valence-electron chi connectivity index (χ2n) is 3.73. The molecule has 5 heteroatoms. The third-order valence-electron chi connectivity index (χ3n) is 2.46. The van der Waals surface area contributed by atoms with E-state index in [9.17, 15) is 9.18 Å². The van der Waals surface area contributed by atoms with Gasteiger partial charge in [-0.1, -0.05) is 12.1 Å². The quantitative estimate of drug-likeness (QED) is 0.863. The van der Waals surface area contributed by atoms with Crippen molar-refractivity contribution >= 4 is 0 Å². The molecular formula is C12H12FN3O. The van der Waals surface area contributed by atoms with Crippen molar-refractivity contribution in [2.45, 2.75) is 12.6 Å². The Labute approximate surface area is 97.5 Å². The monoisotopic (exact) mass is 233 g/mol. The zero-order chi connectivity index (χ0) is 12.3. The van der Waals surface area contributed by atoms with Crippen LogP contribution in [0.25, 0.3) is 0 Å². The topological polar surface area (TPSA) is 60.9 Å². The molecule has 0 saturated heterocycles. The van der Waals surface area contributed by atoms with E-state index in [4.69, 9.17) is 5.73 Å². The lowest BCUT2D eigenvalue weighted by atomic mass is 10.1. The molecule has 0 radical (unpaired) electrons. The molecule has 0 aliphatic carbocycles. The zero-order valence-corrected chi connectivity index (χ0v) is 9.08. The molecule has 0 saturated carbocycles. The summed E-state index contributed by atoms with van der Waals surface area (Å²) < 4.78 is 14.4. The van der Waals surface area contributed by atoms with Gasteiger partial charge in [0.1, 0.15) is 5.82 Å². The summed E-state index contributed by atoms with van der Waals surface area (Å²) in [5.74, 6) is -0.337. The lowest BCUT2D eigenvalue weighted by Gasteiger charge is -2.13. The minimum Gasteiger partial charge on any atom is -0.322 e. The van der Waals surface area contributed by atoms with Gasteiger partial charge in [0.15, 0.2) is 0 Å². The van der Waals surface area contributed by atoms with Crippen LogP contribution in [0.3, 0.4) is 0 Å². The molecule has 1 unspecified atom stereocenters. The molecule has 1 aromatic carbocycles. The summed E-state index contributed by atoms with van der Waals surface area (Å²) >= 11 is 0. The Bertz CT molecular complexity index is 567. The molecule has 88 valence electrons. The lowest BCUT2D eigenvalue weighted by molar-refractivity contribution is 0.548. The third-order valence-corrected chi connectivity index (χ3v) is 2.46. The number of hydrogen-bond acceptors (Lipinski definition) is 3. The number of benzene rings is 1. The van der Waals surface area contributed by atoms with Gasteiger partial charge in [0.05, 0.1) is 6.33 Å². The van der Waals surface area contributed by atoms with Crippen molar-refractivity contribution in [1.29, 1.82) is 0 Å². The van der Waals surface area contributed by atoms with Gasteiger partial charge < -0.3 is 5.73 Å². The molecular weight excluding hydrogens is 221 g/mol. The van der Waals surface area contributed by atoms with E-state index >= 15 is 0 Å². The first-order valence-corrected chi connectivity index (χ1v) is 5.18. The number of hydrogen-bond donors (Lipinski definition) is 1. The molecule has 1 heterocycles. The Morgan fingerprint density at radius 3 is 2.94 bits per heavy atom. The van der Waals surface area contributed by atoms with Gasteiger partial charge in [0, 0.05) is 24.8 Å². The molecule has 2 N–H and O–H groups in total. The average Bonchev–Trinajstić information content (AvgIpc) is 2.32. The second-order valence-corrected chi connectivity index (χ2v) is 3.73. The summed E-state index contributed by atoms with van der Waals surface area (Å²) in [5.41, 5.74) is 6.39. The molecule has 17 heavy (non-hydrogen) atoms. The van der Waals surface area contributed by atoms with E-state index in [2.05, 4.69) is 4.98 Å². The van der Waals surface area contributed by atoms with Gasteiger partial charge >= 0.3 is 0 Å². The SMILES string of the molecule is NC(Cn1cnccc1=O)c1cccc(F)c1. The normalized spacial score (nSPS) is 12.4. The first-order valence-electron chi connectivity index (χ1n) is 5.18. The Morgan fingerprint density at radius 1 is 1.41 bits per heavy atom. The van der Waals surface area contributed by atoms with Crippen LogP contribution in [0.15, 0.2) is 47.7 Å². The molecule has 0 bridgehead atoms. The summed E-state index contributed by atoms with van der Waals surface area (Å²) in [4.78, 5) is 15.3. The minimum atomic E-state index is -0.437. The molecule has 1 atom stereocenters. The van der Waals surface area contributed by atoms with Crippen LogP contribution in [0, 0.1) is 5.82 Å². The fourth-order valence-corrected chi connectivity index (χ4v) is 1.57. The van der Waals surface area contributed by atoms with Crippen molar-refractivity contribution in [3.05, 3.63) is 64.6 Å². The van der Waals surface area contributed by atoms with Crippen LogP contribution in [-0.4, -0.2) is 9.55 Å². The first kappa shape index (κ1) is 11.5.